The van der Waals surface area contributed by atoms with Crippen LogP contribution in [0.3, 0.4) is 0 Å². The number of likely N-dealkylation sites (tertiary alicyclic amines) is 1. The van der Waals surface area contributed by atoms with Crippen LogP contribution in [0.5, 0.6) is 0 Å². The molecule has 1 saturated carbocycles. The van der Waals surface area contributed by atoms with Crippen LogP contribution < -0.4 is 0 Å². The summed E-state index contributed by atoms with van der Waals surface area (Å²) in [5.74, 6) is 0.415. The van der Waals surface area contributed by atoms with Crippen molar-refractivity contribution in [3.05, 3.63) is 0 Å². The van der Waals surface area contributed by atoms with Crippen LogP contribution in [0.4, 0.5) is 0 Å². The van der Waals surface area contributed by atoms with Gasteiger partial charge in [0.1, 0.15) is 0 Å². The second-order valence-corrected chi connectivity index (χ2v) is 6.46. The van der Waals surface area contributed by atoms with E-state index in [-0.39, 0.29) is 23.7 Å². The van der Waals surface area contributed by atoms with Crippen LogP contribution >= 0.6 is 0 Å². The van der Waals surface area contributed by atoms with Gasteiger partial charge in [-0.3, -0.25) is 9.59 Å². The second-order valence-electron chi connectivity index (χ2n) is 6.46. The molecule has 1 aliphatic carbocycles. The predicted molar refractivity (Wildman–Crippen MR) is 76.1 cm³/mol. The Kier molecular flexibility index (Phi) is 3.96. The number of carbonyl (C=O) groups excluding carboxylic acids is 2. The van der Waals surface area contributed by atoms with Crippen LogP contribution in [0.1, 0.15) is 25.7 Å². The van der Waals surface area contributed by atoms with E-state index in [0.29, 0.717) is 0 Å². The number of hydrogen-bond acceptors (Lipinski definition) is 3. The number of piperazine rings is 1. The van der Waals surface area contributed by atoms with Crippen LogP contribution in [0.15, 0.2) is 0 Å². The van der Waals surface area contributed by atoms with E-state index >= 15 is 0 Å². The molecular formula is C15H25N3O2. The highest BCUT2D eigenvalue weighted by Gasteiger charge is 2.50. The van der Waals surface area contributed by atoms with E-state index in [9.17, 15) is 9.59 Å². The third-order valence-electron chi connectivity index (χ3n) is 4.91. The molecule has 20 heavy (non-hydrogen) atoms. The molecular weight excluding hydrogens is 254 g/mol. The van der Waals surface area contributed by atoms with Gasteiger partial charge < -0.3 is 14.7 Å². The van der Waals surface area contributed by atoms with E-state index in [1.54, 1.807) is 0 Å². The Hall–Kier alpha value is -1.10. The lowest BCUT2D eigenvalue weighted by molar-refractivity contribution is -0.139. The maximum absolute atomic E-state index is 12.4. The number of carbonyl (C=O) groups is 2. The number of nitrogens with zero attached hydrogens (tertiary/aromatic N) is 3. The first-order valence-corrected chi connectivity index (χ1v) is 7.93. The van der Waals surface area contributed by atoms with Crippen molar-refractivity contribution in [2.24, 2.45) is 11.8 Å². The minimum atomic E-state index is -0.0205. The largest absolute Gasteiger partial charge is 0.342 e. The van der Waals surface area contributed by atoms with Gasteiger partial charge in [-0.05, 0) is 32.7 Å². The lowest BCUT2D eigenvalue weighted by Gasteiger charge is -2.32. The van der Waals surface area contributed by atoms with Crippen molar-refractivity contribution < 1.29 is 9.59 Å². The Morgan fingerprint density at radius 2 is 1.25 bits per heavy atom. The number of rotatable bonds is 2. The number of hydrogen-bond donors (Lipinski definition) is 0. The maximum Gasteiger partial charge on any atom is 0.226 e. The molecule has 5 heteroatoms. The SMILES string of the molecule is CN1CCN(C(=O)C2CC2C(=O)N2CCCCC2)CC1. The van der Waals surface area contributed by atoms with E-state index in [1.165, 1.54) is 6.42 Å². The highest BCUT2D eigenvalue weighted by Crippen LogP contribution is 2.41. The molecule has 0 aromatic carbocycles. The van der Waals surface area contributed by atoms with Gasteiger partial charge >= 0.3 is 0 Å². The molecule has 5 nitrogen and oxygen atoms in total. The summed E-state index contributed by atoms with van der Waals surface area (Å²) in [6.45, 7) is 5.31. The standard InChI is InChI=1S/C15H25N3O2/c1-16-7-9-18(10-8-16)15(20)13-11-12(13)14(19)17-5-3-2-4-6-17/h12-13H,2-11H2,1H3. The summed E-state index contributed by atoms with van der Waals surface area (Å²) in [6.07, 6.45) is 4.25. The number of likely N-dealkylation sites (N-methyl/N-ethyl adjacent to an activating group) is 1. The van der Waals surface area contributed by atoms with Crippen LogP contribution in [0.25, 0.3) is 0 Å². The van der Waals surface area contributed by atoms with Gasteiger partial charge in [0.05, 0.1) is 11.8 Å². The lowest BCUT2D eigenvalue weighted by Crippen LogP contribution is -2.48. The van der Waals surface area contributed by atoms with Crippen LogP contribution in [-0.2, 0) is 9.59 Å². The average Bonchev–Trinajstić information content (AvgIpc) is 3.28. The average molecular weight is 279 g/mol. The topological polar surface area (TPSA) is 43.9 Å². The van der Waals surface area contributed by atoms with Gasteiger partial charge in [0.15, 0.2) is 0 Å². The molecule has 2 amide bonds. The molecule has 2 atom stereocenters. The van der Waals surface area contributed by atoms with Gasteiger partial charge in [0.2, 0.25) is 11.8 Å². The van der Waals surface area contributed by atoms with E-state index in [0.717, 1.165) is 58.5 Å². The van der Waals surface area contributed by atoms with Crippen molar-refractivity contribution in [2.45, 2.75) is 25.7 Å². The molecule has 112 valence electrons. The van der Waals surface area contributed by atoms with Gasteiger partial charge in [-0.15, -0.1) is 0 Å². The molecule has 3 rings (SSSR count). The van der Waals surface area contributed by atoms with Gasteiger partial charge in [0.25, 0.3) is 0 Å². The first kappa shape index (κ1) is 13.9. The summed E-state index contributed by atoms with van der Waals surface area (Å²) in [5, 5.41) is 0. The lowest BCUT2D eigenvalue weighted by atomic mass is 10.1. The third kappa shape index (κ3) is 2.82. The Morgan fingerprint density at radius 1 is 0.750 bits per heavy atom. The number of piperidine rings is 1. The van der Waals surface area contributed by atoms with Crippen molar-refractivity contribution in [3.63, 3.8) is 0 Å². The van der Waals surface area contributed by atoms with E-state index in [4.69, 9.17) is 0 Å². The normalized spacial score (nSPS) is 31.2. The van der Waals surface area contributed by atoms with Gasteiger partial charge in [-0.2, -0.15) is 0 Å². The van der Waals surface area contributed by atoms with E-state index < -0.39 is 0 Å². The van der Waals surface area contributed by atoms with Crippen molar-refractivity contribution in [2.75, 3.05) is 46.3 Å². The van der Waals surface area contributed by atoms with E-state index in [2.05, 4.69) is 11.9 Å². The Labute approximate surface area is 120 Å². The van der Waals surface area contributed by atoms with Crippen molar-refractivity contribution in [3.8, 4) is 0 Å². The van der Waals surface area contributed by atoms with E-state index in [1.807, 2.05) is 9.80 Å². The quantitative estimate of drug-likeness (QED) is 0.735. The zero-order valence-corrected chi connectivity index (χ0v) is 12.4. The molecule has 2 unspecified atom stereocenters. The fourth-order valence-electron chi connectivity index (χ4n) is 3.35. The predicted octanol–water partition coefficient (Wildman–Crippen LogP) is 0.409. The first-order chi connectivity index (χ1) is 9.66. The summed E-state index contributed by atoms with van der Waals surface area (Å²) in [7, 11) is 2.08. The summed E-state index contributed by atoms with van der Waals surface area (Å²) >= 11 is 0. The Balaban J connectivity index is 1.50. The fourth-order valence-corrected chi connectivity index (χ4v) is 3.35. The van der Waals surface area contributed by atoms with Gasteiger partial charge in [0, 0.05) is 39.3 Å². The molecule has 2 saturated heterocycles. The third-order valence-corrected chi connectivity index (χ3v) is 4.91. The summed E-state index contributed by atoms with van der Waals surface area (Å²) in [4.78, 5) is 30.9. The first-order valence-electron chi connectivity index (χ1n) is 7.93. The molecule has 2 aliphatic heterocycles. The molecule has 0 bridgehead atoms. The molecule has 0 spiro atoms. The highest BCUT2D eigenvalue weighted by atomic mass is 16.2. The van der Waals surface area contributed by atoms with Crippen LogP contribution in [0.2, 0.25) is 0 Å². The smallest absolute Gasteiger partial charge is 0.226 e. The minimum Gasteiger partial charge on any atom is -0.342 e. The monoisotopic (exact) mass is 279 g/mol. The molecule has 0 aromatic heterocycles. The summed E-state index contributed by atoms with van der Waals surface area (Å²) in [6, 6.07) is 0. The fraction of sp³-hybridized carbons (Fsp3) is 0.867. The zero-order chi connectivity index (χ0) is 14.1. The Bertz CT molecular complexity index is 385. The van der Waals surface area contributed by atoms with Gasteiger partial charge in [-0.25, -0.2) is 0 Å². The number of amides is 2. The summed E-state index contributed by atoms with van der Waals surface area (Å²) < 4.78 is 0. The molecule has 3 aliphatic rings. The summed E-state index contributed by atoms with van der Waals surface area (Å²) in [5.41, 5.74) is 0. The van der Waals surface area contributed by atoms with Gasteiger partial charge in [-0.1, -0.05) is 0 Å². The minimum absolute atomic E-state index is 0.0137. The van der Waals surface area contributed by atoms with Crippen molar-refractivity contribution in [1.29, 1.82) is 0 Å². The van der Waals surface area contributed by atoms with Crippen LogP contribution in [-0.4, -0.2) is 72.8 Å². The van der Waals surface area contributed by atoms with Crippen LogP contribution in [0, 0.1) is 11.8 Å². The second kappa shape index (κ2) is 5.72. The highest BCUT2D eigenvalue weighted by molar-refractivity contribution is 5.92. The molecule has 0 aromatic rings. The maximum atomic E-state index is 12.4. The molecule has 2 heterocycles. The zero-order valence-electron chi connectivity index (χ0n) is 12.4. The Morgan fingerprint density at radius 3 is 1.80 bits per heavy atom. The molecule has 3 fully saturated rings. The van der Waals surface area contributed by atoms with Crippen molar-refractivity contribution >= 4 is 11.8 Å². The molecule has 0 radical (unpaired) electrons. The molecule has 0 N–H and O–H groups in total. The van der Waals surface area contributed by atoms with Crippen molar-refractivity contribution in [1.82, 2.24) is 14.7 Å².